The lowest BCUT2D eigenvalue weighted by Gasteiger charge is -2.14. The Kier molecular flexibility index (Phi) is 3.88. The molecular weight excluding hydrogens is 194 g/mol. The Morgan fingerprint density at radius 3 is 2.60 bits per heavy atom. The average molecular weight is 211 g/mol. The van der Waals surface area contributed by atoms with Crippen LogP contribution in [0.5, 0.6) is 0 Å². The van der Waals surface area contributed by atoms with Crippen molar-refractivity contribution in [1.82, 2.24) is 5.32 Å². The van der Waals surface area contributed by atoms with Gasteiger partial charge in [-0.3, -0.25) is 4.79 Å². The first-order chi connectivity index (χ1) is 7.14. The summed E-state index contributed by atoms with van der Waals surface area (Å²) in [5.41, 5.74) is -0.714. The summed E-state index contributed by atoms with van der Waals surface area (Å²) in [5.74, 6) is -0.433. The van der Waals surface area contributed by atoms with Crippen molar-refractivity contribution in [2.45, 2.75) is 38.6 Å². The van der Waals surface area contributed by atoms with Crippen molar-refractivity contribution < 1.29 is 14.3 Å². The first kappa shape index (κ1) is 11.8. The molecule has 0 radical (unpaired) electrons. The summed E-state index contributed by atoms with van der Waals surface area (Å²) < 4.78 is 4.90. The van der Waals surface area contributed by atoms with Crippen molar-refractivity contribution in [3.63, 3.8) is 0 Å². The van der Waals surface area contributed by atoms with E-state index in [1.54, 1.807) is 13.0 Å². The molecule has 4 heteroatoms. The molecule has 84 valence electrons. The second-order valence-corrected chi connectivity index (χ2v) is 3.62. The van der Waals surface area contributed by atoms with Crippen LogP contribution in [0.3, 0.4) is 0 Å². The minimum Gasteiger partial charge on any atom is -0.464 e. The molecule has 0 aliphatic heterocycles. The van der Waals surface area contributed by atoms with Crippen LogP contribution in [0.1, 0.15) is 33.1 Å². The van der Waals surface area contributed by atoms with Crippen LogP contribution in [0.15, 0.2) is 12.2 Å². The molecule has 0 bridgehead atoms. The maximum absolute atomic E-state index is 11.5. The molecule has 0 aromatic rings. The predicted molar refractivity (Wildman–Crippen MR) is 56.2 cm³/mol. The zero-order valence-electron chi connectivity index (χ0n) is 9.21. The van der Waals surface area contributed by atoms with Gasteiger partial charge >= 0.3 is 5.97 Å². The van der Waals surface area contributed by atoms with Crippen molar-refractivity contribution in [3.05, 3.63) is 12.2 Å². The summed E-state index contributed by atoms with van der Waals surface area (Å²) in [5, 5.41) is 2.72. The minimum atomic E-state index is -0.714. The lowest BCUT2D eigenvalue weighted by Crippen LogP contribution is -2.43. The number of ether oxygens (including phenoxy) is 1. The van der Waals surface area contributed by atoms with E-state index >= 15 is 0 Å². The minimum absolute atomic E-state index is 0.126. The Morgan fingerprint density at radius 1 is 1.47 bits per heavy atom. The number of hydrogen-bond donors (Lipinski definition) is 1. The van der Waals surface area contributed by atoms with Crippen LogP contribution >= 0.6 is 0 Å². The van der Waals surface area contributed by atoms with E-state index in [4.69, 9.17) is 4.74 Å². The molecule has 0 aromatic heterocycles. The van der Waals surface area contributed by atoms with Gasteiger partial charge < -0.3 is 10.1 Å². The van der Waals surface area contributed by atoms with Crippen LogP contribution in [0, 0.1) is 0 Å². The largest absolute Gasteiger partial charge is 0.464 e. The van der Waals surface area contributed by atoms with Crippen molar-refractivity contribution in [2.24, 2.45) is 0 Å². The summed E-state index contributed by atoms with van der Waals surface area (Å²) in [6, 6.07) is 0. The Balaban J connectivity index is 2.43. The van der Waals surface area contributed by atoms with E-state index in [1.807, 2.05) is 13.0 Å². The average Bonchev–Trinajstić information content (AvgIpc) is 2.96. The fourth-order valence-corrected chi connectivity index (χ4v) is 1.32. The number of amides is 1. The van der Waals surface area contributed by atoms with Gasteiger partial charge in [0.15, 0.2) is 0 Å². The monoisotopic (exact) mass is 211 g/mol. The van der Waals surface area contributed by atoms with E-state index in [2.05, 4.69) is 5.32 Å². The first-order valence-corrected chi connectivity index (χ1v) is 5.24. The number of carbonyl (C=O) groups is 2. The summed E-state index contributed by atoms with van der Waals surface area (Å²) in [6.45, 7) is 3.96. The van der Waals surface area contributed by atoms with Crippen LogP contribution in [0.25, 0.3) is 0 Å². The predicted octanol–water partition coefficient (Wildman–Crippen LogP) is 1.16. The normalized spacial score (nSPS) is 17.5. The van der Waals surface area contributed by atoms with E-state index in [0.717, 1.165) is 0 Å². The third-order valence-corrected chi connectivity index (χ3v) is 2.33. The highest BCUT2D eigenvalue weighted by atomic mass is 16.5. The fraction of sp³-hybridized carbons (Fsp3) is 0.636. The highest BCUT2D eigenvalue weighted by Gasteiger charge is 2.52. The van der Waals surface area contributed by atoms with E-state index in [9.17, 15) is 9.59 Å². The smallest absolute Gasteiger partial charge is 0.331 e. The summed E-state index contributed by atoms with van der Waals surface area (Å²) >= 11 is 0. The molecule has 1 aliphatic carbocycles. The second kappa shape index (κ2) is 4.96. The van der Waals surface area contributed by atoms with E-state index in [-0.39, 0.29) is 11.9 Å². The number of rotatable bonds is 5. The van der Waals surface area contributed by atoms with Gasteiger partial charge in [0, 0.05) is 6.42 Å². The maximum atomic E-state index is 11.5. The number of hydrogen-bond acceptors (Lipinski definition) is 3. The molecule has 1 aliphatic rings. The molecule has 4 nitrogen and oxygen atoms in total. The summed E-state index contributed by atoms with van der Waals surface area (Å²) in [4.78, 5) is 22.9. The molecule has 1 N–H and O–H groups in total. The standard InChI is InChI=1S/C11H17NO3/c1-3-5-6-9(13)12-11(7-8-11)10(14)15-4-2/h3,5H,4,6-8H2,1-2H3,(H,12,13). The quantitative estimate of drug-likeness (QED) is 0.548. The molecule has 1 saturated carbocycles. The van der Waals surface area contributed by atoms with Gasteiger partial charge in [-0.05, 0) is 26.7 Å². The number of nitrogens with one attached hydrogen (secondary N) is 1. The van der Waals surface area contributed by atoms with Crippen LogP contribution in [-0.2, 0) is 14.3 Å². The Morgan fingerprint density at radius 2 is 2.13 bits per heavy atom. The molecule has 0 spiro atoms. The van der Waals surface area contributed by atoms with E-state index < -0.39 is 5.54 Å². The third-order valence-electron chi connectivity index (χ3n) is 2.33. The van der Waals surface area contributed by atoms with Crippen LogP contribution < -0.4 is 5.32 Å². The van der Waals surface area contributed by atoms with Gasteiger partial charge in [-0.25, -0.2) is 4.79 Å². The molecule has 1 fully saturated rings. The summed E-state index contributed by atoms with van der Waals surface area (Å²) in [7, 11) is 0. The molecule has 1 rings (SSSR count). The van der Waals surface area contributed by atoms with Crippen molar-refractivity contribution >= 4 is 11.9 Å². The Labute approximate surface area is 89.7 Å². The van der Waals surface area contributed by atoms with Crippen LogP contribution in [0.2, 0.25) is 0 Å². The third kappa shape index (κ3) is 3.08. The van der Waals surface area contributed by atoms with Crippen molar-refractivity contribution in [1.29, 1.82) is 0 Å². The highest BCUT2D eigenvalue weighted by Crippen LogP contribution is 2.36. The van der Waals surface area contributed by atoms with Gasteiger partial charge in [0.2, 0.25) is 5.91 Å². The molecule has 0 atom stereocenters. The second-order valence-electron chi connectivity index (χ2n) is 3.62. The van der Waals surface area contributed by atoms with Crippen molar-refractivity contribution in [3.8, 4) is 0 Å². The number of allylic oxidation sites excluding steroid dienone is 1. The number of esters is 1. The lowest BCUT2D eigenvalue weighted by atomic mass is 10.2. The molecule has 15 heavy (non-hydrogen) atoms. The van der Waals surface area contributed by atoms with Gasteiger partial charge in [0.1, 0.15) is 5.54 Å². The fourth-order valence-electron chi connectivity index (χ4n) is 1.32. The lowest BCUT2D eigenvalue weighted by molar-refractivity contribution is -0.148. The van der Waals surface area contributed by atoms with Gasteiger partial charge in [-0.15, -0.1) is 0 Å². The number of carbonyl (C=O) groups excluding carboxylic acids is 2. The maximum Gasteiger partial charge on any atom is 0.331 e. The van der Waals surface area contributed by atoms with Crippen LogP contribution in [0.4, 0.5) is 0 Å². The van der Waals surface area contributed by atoms with E-state index in [1.165, 1.54) is 0 Å². The summed E-state index contributed by atoms with van der Waals surface area (Å²) in [6.07, 6.45) is 5.26. The molecule has 0 unspecified atom stereocenters. The van der Waals surface area contributed by atoms with Gasteiger partial charge in [0.05, 0.1) is 6.61 Å². The molecule has 1 amide bonds. The topological polar surface area (TPSA) is 55.4 Å². The Hall–Kier alpha value is -1.32. The zero-order chi connectivity index (χ0) is 11.3. The van der Waals surface area contributed by atoms with Gasteiger partial charge in [-0.1, -0.05) is 12.2 Å². The van der Waals surface area contributed by atoms with Gasteiger partial charge in [-0.2, -0.15) is 0 Å². The van der Waals surface area contributed by atoms with Gasteiger partial charge in [0.25, 0.3) is 0 Å². The van der Waals surface area contributed by atoms with Crippen molar-refractivity contribution in [2.75, 3.05) is 6.61 Å². The molecule has 0 saturated heterocycles. The SMILES string of the molecule is CC=CCC(=O)NC1(C(=O)OCC)CC1. The first-order valence-electron chi connectivity index (χ1n) is 5.24. The molecule has 0 aromatic carbocycles. The zero-order valence-corrected chi connectivity index (χ0v) is 9.21. The van der Waals surface area contributed by atoms with E-state index in [0.29, 0.717) is 25.9 Å². The molecule has 0 heterocycles. The molecular formula is C11H17NO3. The Bertz CT molecular complexity index is 280. The highest BCUT2D eigenvalue weighted by molar-refractivity contribution is 5.91. The van der Waals surface area contributed by atoms with Crippen LogP contribution in [-0.4, -0.2) is 24.0 Å².